The Morgan fingerprint density at radius 1 is 1.28 bits per heavy atom. The first-order chi connectivity index (χ1) is 13.9. The number of aryl methyl sites for hydroxylation is 2. The molecule has 0 bridgehead atoms. The van der Waals surface area contributed by atoms with E-state index >= 15 is 0 Å². The van der Waals surface area contributed by atoms with Gasteiger partial charge in [-0.1, -0.05) is 17.7 Å². The van der Waals surface area contributed by atoms with Crippen molar-refractivity contribution < 1.29 is 9.52 Å². The van der Waals surface area contributed by atoms with Crippen molar-refractivity contribution in [2.45, 2.75) is 32.9 Å². The third-order valence-electron chi connectivity index (χ3n) is 4.52. The molecule has 0 aliphatic rings. The van der Waals surface area contributed by atoms with Crippen LogP contribution in [0, 0.1) is 6.92 Å². The lowest BCUT2D eigenvalue weighted by atomic mass is 10.00. The van der Waals surface area contributed by atoms with Gasteiger partial charge in [0.05, 0.1) is 19.3 Å². The second-order valence-electron chi connectivity index (χ2n) is 7.24. The van der Waals surface area contributed by atoms with E-state index in [2.05, 4.69) is 25.7 Å². The minimum Gasteiger partial charge on any atom is -0.444 e. The first-order valence-corrected chi connectivity index (χ1v) is 9.62. The van der Waals surface area contributed by atoms with E-state index < -0.39 is 5.60 Å². The number of guanidine groups is 1. The van der Waals surface area contributed by atoms with Gasteiger partial charge < -0.3 is 20.2 Å². The van der Waals surface area contributed by atoms with Gasteiger partial charge in [0.15, 0.2) is 5.96 Å². The molecule has 0 radical (unpaired) electrons. The van der Waals surface area contributed by atoms with Gasteiger partial charge >= 0.3 is 0 Å². The normalized spacial score (nSPS) is 13.9. The van der Waals surface area contributed by atoms with Crippen molar-refractivity contribution in [2.75, 3.05) is 13.1 Å². The molecule has 1 atom stereocenters. The molecule has 154 valence electrons. The monoisotopic (exact) mass is 396 g/mol. The molecule has 3 N–H and O–H groups in total. The Morgan fingerprint density at radius 2 is 2.03 bits per heavy atom. The lowest BCUT2D eigenvalue weighted by Crippen LogP contribution is -2.44. The number of benzene rings is 1. The van der Waals surface area contributed by atoms with Crippen LogP contribution in [0.1, 0.15) is 30.7 Å². The molecule has 0 spiro atoms. The van der Waals surface area contributed by atoms with Gasteiger partial charge in [-0.2, -0.15) is 5.10 Å². The highest BCUT2D eigenvalue weighted by Crippen LogP contribution is 2.20. The van der Waals surface area contributed by atoms with E-state index in [1.165, 1.54) is 5.56 Å². The van der Waals surface area contributed by atoms with Crippen LogP contribution in [-0.4, -0.2) is 38.9 Å². The Labute approximate surface area is 170 Å². The van der Waals surface area contributed by atoms with Crippen LogP contribution in [0.4, 0.5) is 0 Å². The molecule has 1 aromatic carbocycles. The van der Waals surface area contributed by atoms with Gasteiger partial charge in [0.1, 0.15) is 17.6 Å². The van der Waals surface area contributed by atoms with E-state index in [1.807, 2.05) is 45.2 Å². The zero-order valence-corrected chi connectivity index (χ0v) is 17.3. The molecule has 29 heavy (non-hydrogen) atoms. The first-order valence-electron chi connectivity index (χ1n) is 9.62. The molecule has 0 saturated carbocycles. The Morgan fingerprint density at radius 3 is 2.69 bits per heavy atom. The van der Waals surface area contributed by atoms with Crippen molar-refractivity contribution >= 4 is 5.96 Å². The molecule has 2 heterocycles. The molecule has 2 aromatic heterocycles. The van der Waals surface area contributed by atoms with Gasteiger partial charge in [-0.25, -0.2) is 9.98 Å². The fourth-order valence-corrected chi connectivity index (χ4v) is 2.77. The quantitative estimate of drug-likeness (QED) is 0.419. The third kappa shape index (κ3) is 5.45. The summed E-state index contributed by atoms with van der Waals surface area (Å²) >= 11 is 0. The summed E-state index contributed by atoms with van der Waals surface area (Å²) in [5, 5.41) is 21.2. The maximum atomic E-state index is 10.7. The summed E-state index contributed by atoms with van der Waals surface area (Å²) in [6.07, 6.45) is 5.08. The third-order valence-corrected chi connectivity index (χ3v) is 4.52. The number of nitrogens with one attached hydrogen (secondary N) is 2. The van der Waals surface area contributed by atoms with Crippen LogP contribution >= 0.6 is 0 Å². The van der Waals surface area contributed by atoms with Gasteiger partial charge in [-0.05, 0) is 32.9 Å². The van der Waals surface area contributed by atoms with E-state index in [0.717, 1.165) is 16.8 Å². The number of hydrogen-bond acceptors (Lipinski definition) is 5. The molecular weight excluding hydrogens is 368 g/mol. The van der Waals surface area contributed by atoms with Crippen molar-refractivity contribution in [1.82, 2.24) is 25.4 Å². The molecule has 3 aromatic rings. The van der Waals surface area contributed by atoms with Gasteiger partial charge in [0.2, 0.25) is 5.89 Å². The molecule has 3 rings (SSSR count). The Hall–Kier alpha value is -3.13. The maximum Gasteiger partial charge on any atom is 0.226 e. The predicted molar refractivity (Wildman–Crippen MR) is 112 cm³/mol. The van der Waals surface area contributed by atoms with Crippen LogP contribution in [0.5, 0.6) is 0 Å². The van der Waals surface area contributed by atoms with Crippen LogP contribution in [0.15, 0.2) is 52.3 Å². The number of nitrogens with zero attached hydrogens (tertiary/aromatic N) is 4. The van der Waals surface area contributed by atoms with Crippen molar-refractivity contribution in [3.8, 4) is 11.5 Å². The fourth-order valence-electron chi connectivity index (χ4n) is 2.77. The minimum atomic E-state index is -1.07. The largest absolute Gasteiger partial charge is 0.444 e. The zero-order valence-electron chi connectivity index (χ0n) is 17.3. The molecule has 1 unspecified atom stereocenters. The van der Waals surface area contributed by atoms with Gasteiger partial charge in [-0.15, -0.1) is 0 Å². The van der Waals surface area contributed by atoms with Crippen LogP contribution in [0.25, 0.3) is 11.5 Å². The molecule has 0 amide bonds. The molecule has 0 fully saturated rings. The van der Waals surface area contributed by atoms with Crippen molar-refractivity contribution in [3.05, 3.63) is 59.7 Å². The van der Waals surface area contributed by atoms with E-state index in [0.29, 0.717) is 24.9 Å². The summed E-state index contributed by atoms with van der Waals surface area (Å²) in [6.45, 7) is 7.13. The minimum absolute atomic E-state index is 0.290. The molecular formula is C21H28N6O2. The van der Waals surface area contributed by atoms with Gasteiger partial charge in [0.25, 0.3) is 0 Å². The number of aromatic nitrogens is 3. The summed E-state index contributed by atoms with van der Waals surface area (Å²) < 4.78 is 7.25. The van der Waals surface area contributed by atoms with E-state index in [9.17, 15) is 5.11 Å². The van der Waals surface area contributed by atoms with Crippen LogP contribution in [0.2, 0.25) is 0 Å². The summed E-state index contributed by atoms with van der Waals surface area (Å²) in [4.78, 5) is 9.06. The number of hydrogen-bond donors (Lipinski definition) is 3. The predicted octanol–water partition coefficient (Wildman–Crippen LogP) is 2.35. The highest BCUT2D eigenvalue weighted by Gasteiger charge is 2.25. The van der Waals surface area contributed by atoms with Crippen LogP contribution in [0.3, 0.4) is 0 Å². The second-order valence-corrected chi connectivity index (χ2v) is 7.24. The van der Waals surface area contributed by atoms with Crippen LogP contribution in [-0.2, 0) is 19.2 Å². The van der Waals surface area contributed by atoms with E-state index in [1.54, 1.807) is 30.3 Å². The Bertz CT molecular complexity index is 956. The SMILES string of the molecule is CCNC(=NCc1coc(-c2ccc(C)cc2)n1)NCC(C)(O)c1cnn(C)c1. The number of oxazole rings is 1. The van der Waals surface area contributed by atoms with Crippen molar-refractivity contribution in [1.29, 1.82) is 0 Å². The number of rotatable bonds is 7. The fraction of sp³-hybridized carbons (Fsp3) is 0.381. The average Bonchev–Trinajstić information content (AvgIpc) is 3.34. The smallest absolute Gasteiger partial charge is 0.226 e. The topological polar surface area (TPSA) is 100 Å². The molecule has 8 heteroatoms. The van der Waals surface area contributed by atoms with Crippen LogP contribution < -0.4 is 10.6 Å². The highest BCUT2D eigenvalue weighted by atomic mass is 16.3. The van der Waals surface area contributed by atoms with Crippen molar-refractivity contribution in [2.24, 2.45) is 12.0 Å². The van der Waals surface area contributed by atoms with E-state index in [4.69, 9.17) is 4.42 Å². The first kappa shape index (κ1) is 20.6. The number of aliphatic hydroxyl groups is 1. The molecule has 0 saturated heterocycles. The molecule has 0 aliphatic heterocycles. The maximum absolute atomic E-state index is 10.7. The van der Waals surface area contributed by atoms with Gasteiger partial charge in [-0.3, -0.25) is 4.68 Å². The zero-order chi connectivity index (χ0) is 20.9. The number of aliphatic imine (C=N–C) groups is 1. The lowest BCUT2D eigenvalue weighted by molar-refractivity contribution is 0.0616. The second kappa shape index (κ2) is 8.91. The Kier molecular flexibility index (Phi) is 6.33. The van der Waals surface area contributed by atoms with E-state index in [-0.39, 0.29) is 6.54 Å². The molecule has 8 nitrogen and oxygen atoms in total. The summed E-state index contributed by atoms with van der Waals surface area (Å²) in [5.74, 6) is 1.17. The lowest BCUT2D eigenvalue weighted by Gasteiger charge is -2.23. The van der Waals surface area contributed by atoms with Crippen molar-refractivity contribution in [3.63, 3.8) is 0 Å². The Balaban J connectivity index is 1.64. The standard InChI is InChI=1S/C21H28N6O2/c1-5-22-20(24-14-21(3,28)17-10-25-27(4)12-17)23-11-18-13-29-19(26-18)16-8-6-15(2)7-9-16/h6-10,12-13,28H,5,11,14H2,1-4H3,(H2,22,23,24). The summed E-state index contributed by atoms with van der Waals surface area (Å²) in [5.41, 5.74) is 2.52. The highest BCUT2D eigenvalue weighted by molar-refractivity contribution is 5.79. The average molecular weight is 396 g/mol. The summed E-state index contributed by atoms with van der Waals surface area (Å²) in [7, 11) is 1.82. The van der Waals surface area contributed by atoms with Gasteiger partial charge in [0, 0.05) is 30.9 Å². The summed E-state index contributed by atoms with van der Waals surface area (Å²) in [6, 6.07) is 8.03. The molecule has 0 aliphatic carbocycles.